The molecule has 4 aliphatic rings. The molecule has 2 heterocycles. The van der Waals surface area contributed by atoms with E-state index >= 15 is 0 Å². The quantitative estimate of drug-likeness (QED) is 0.385. The van der Waals surface area contributed by atoms with E-state index in [1.54, 1.807) is 12.7 Å². The van der Waals surface area contributed by atoms with Crippen LogP contribution in [0.25, 0.3) is 10.9 Å². The highest BCUT2D eigenvalue weighted by atomic mass is 79.9. The maximum Gasteiger partial charge on any atom is 0.118 e. The molecule has 0 radical (unpaired) electrons. The highest BCUT2D eigenvalue weighted by Crippen LogP contribution is 2.66. The van der Waals surface area contributed by atoms with E-state index in [9.17, 15) is 5.11 Å². The van der Waals surface area contributed by atoms with E-state index in [1.165, 1.54) is 37.8 Å². The SMILES string of the molecule is COc1ccc(Cn2c3c4c5c6c(c(Br)cc52)C[C@H](CO)[C@H]2C[C@@H]([C@@H]62)C(C)(C)O[C@H]4CC3(C)C)cc1. The number of aromatic nitrogens is 1. The van der Waals surface area contributed by atoms with Crippen LogP contribution < -0.4 is 4.74 Å². The van der Waals surface area contributed by atoms with Gasteiger partial charge >= 0.3 is 0 Å². The Hall–Kier alpha value is -1.82. The monoisotopic (exact) mass is 549 g/mol. The smallest absolute Gasteiger partial charge is 0.118 e. The van der Waals surface area contributed by atoms with Gasteiger partial charge in [0.15, 0.2) is 0 Å². The molecule has 3 aliphatic carbocycles. The van der Waals surface area contributed by atoms with Crippen LogP contribution in [0, 0.1) is 17.8 Å². The lowest BCUT2D eigenvalue weighted by atomic mass is 9.49. The van der Waals surface area contributed by atoms with Gasteiger partial charge in [-0.3, -0.25) is 0 Å². The zero-order valence-corrected chi connectivity index (χ0v) is 23.5. The third-order valence-corrected chi connectivity index (χ3v) is 10.8. The molecule has 5 heteroatoms. The van der Waals surface area contributed by atoms with Gasteiger partial charge in [0.2, 0.25) is 0 Å². The molecule has 190 valence electrons. The van der Waals surface area contributed by atoms with Gasteiger partial charge in [-0.15, -0.1) is 0 Å². The fraction of sp³-hybridized carbons (Fsp3) is 0.548. The number of benzene rings is 2. The molecular formula is C31H36BrNO3. The van der Waals surface area contributed by atoms with Gasteiger partial charge in [-0.1, -0.05) is 41.9 Å². The molecule has 36 heavy (non-hydrogen) atoms. The minimum absolute atomic E-state index is 0.0199. The molecule has 4 nitrogen and oxygen atoms in total. The van der Waals surface area contributed by atoms with E-state index in [-0.39, 0.29) is 23.7 Å². The van der Waals surface area contributed by atoms with Crippen LogP contribution in [0.3, 0.4) is 0 Å². The number of methoxy groups -OCH3 is 1. The molecule has 1 saturated carbocycles. The molecule has 1 N–H and O–H groups in total. The lowest BCUT2D eigenvalue weighted by Crippen LogP contribution is -2.54. The first-order chi connectivity index (χ1) is 17.1. The number of hydrogen-bond acceptors (Lipinski definition) is 3. The van der Waals surface area contributed by atoms with Crippen molar-refractivity contribution in [3.63, 3.8) is 0 Å². The van der Waals surface area contributed by atoms with Crippen molar-refractivity contribution >= 4 is 26.8 Å². The van der Waals surface area contributed by atoms with Crippen molar-refractivity contribution in [2.75, 3.05) is 13.7 Å². The number of rotatable bonds is 4. The molecule has 0 unspecified atom stereocenters. The van der Waals surface area contributed by atoms with E-state index < -0.39 is 0 Å². The molecule has 2 aromatic carbocycles. The Morgan fingerprint density at radius 2 is 1.89 bits per heavy atom. The van der Waals surface area contributed by atoms with Gasteiger partial charge in [-0.05, 0) is 91.7 Å². The number of aliphatic hydroxyl groups is 1. The van der Waals surface area contributed by atoms with Gasteiger partial charge in [-0.25, -0.2) is 0 Å². The predicted molar refractivity (Wildman–Crippen MR) is 146 cm³/mol. The standard InChI is InChI=1S/C31H36BrNO3/c1-30(2)13-24-28-27-23(33(29(28)30)14-16-6-8-18(35-5)9-7-16)12-22(32)20-10-17(15-34)19-11-21(25(19)26(20)27)31(3,4)36-24/h6-9,12,17,19,21,24-25,34H,10-11,13-15H2,1-5H3/t17-,19-,21+,24+,25+/m1/s1. The Balaban J connectivity index is 1.53. The normalized spacial score (nSPS) is 30.6. The molecule has 0 spiro atoms. The van der Waals surface area contributed by atoms with Gasteiger partial charge in [0, 0.05) is 39.7 Å². The summed E-state index contributed by atoms with van der Waals surface area (Å²) in [7, 11) is 1.72. The summed E-state index contributed by atoms with van der Waals surface area (Å²) < 4.78 is 16.3. The third-order valence-electron chi connectivity index (χ3n) is 10.0. The van der Waals surface area contributed by atoms with Crippen molar-refractivity contribution < 1.29 is 14.6 Å². The minimum Gasteiger partial charge on any atom is -0.497 e. The fourth-order valence-corrected chi connectivity index (χ4v) is 9.00. The number of halogens is 1. The maximum absolute atomic E-state index is 10.3. The summed E-state index contributed by atoms with van der Waals surface area (Å²) >= 11 is 4.01. The van der Waals surface area contributed by atoms with Crippen molar-refractivity contribution in [1.82, 2.24) is 4.57 Å². The fourth-order valence-electron chi connectivity index (χ4n) is 8.41. The lowest BCUT2D eigenvalue weighted by molar-refractivity contribution is -0.159. The highest BCUT2D eigenvalue weighted by Gasteiger charge is 2.59. The summed E-state index contributed by atoms with van der Waals surface area (Å²) in [5.41, 5.74) is 8.30. The average Bonchev–Trinajstić information content (AvgIpc) is 3.25. The first-order valence-electron chi connectivity index (χ1n) is 13.4. The molecule has 0 amide bonds. The molecule has 3 aromatic rings. The summed E-state index contributed by atoms with van der Waals surface area (Å²) in [5.74, 6) is 2.70. The van der Waals surface area contributed by atoms with Crippen LogP contribution in [0.4, 0.5) is 0 Å². The summed E-state index contributed by atoms with van der Waals surface area (Å²) in [6, 6.07) is 10.9. The zero-order valence-electron chi connectivity index (χ0n) is 21.9. The van der Waals surface area contributed by atoms with E-state index in [4.69, 9.17) is 9.47 Å². The van der Waals surface area contributed by atoms with Crippen LogP contribution in [-0.4, -0.2) is 29.0 Å². The van der Waals surface area contributed by atoms with Crippen LogP contribution in [0.15, 0.2) is 34.8 Å². The second-order valence-electron chi connectivity index (χ2n) is 12.8. The highest BCUT2D eigenvalue weighted by molar-refractivity contribution is 9.10. The number of aliphatic hydroxyl groups excluding tert-OH is 1. The summed E-state index contributed by atoms with van der Waals surface area (Å²) in [5, 5.41) is 11.8. The molecule has 5 atom stereocenters. The largest absolute Gasteiger partial charge is 0.497 e. The van der Waals surface area contributed by atoms with E-state index in [0.29, 0.717) is 23.7 Å². The number of hydrogen-bond donors (Lipinski definition) is 1. The van der Waals surface area contributed by atoms with Crippen LogP contribution in [-0.2, 0) is 23.1 Å². The lowest BCUT2D eigenvalue weighted by Gasteiger charge is -2.58. The summed E-state index contributed by atoms with van der Waals surface area (Å²) in [4.78, 5) is 0. The molecular weight excluding hydrogens is 514 g/mol. The Bertz CT molecular complexity index is 1390. The van der Waals surface area contributed by atoms with Crippen LogP contribution in [0.5, 0.6) is 5.75 Å². The molecule has 0 saturated heterocycles. The minimum atomic E-state index is -0.192. The van der Waals surface area contributed by atoms with Gasteiger partial charge < -0.3 is 19.1 Å². The van der Waals surface area contributed by atoms with Gasteiger partial charge in [0.05, 0.1) is 24.3 Å². The molecule has 1 aliphatic heterocycles. The van der Waals surface area contributed by atoms with Gasteiger partial charge in [0.1, 0.15) is 5.75 Å². The van der Waals surface area contributed by atoms with Crippen molar-refractivity contribution in [2.24, 2.45) is 17.8 Å². The summed E-state index contributed by atoms with van der Waals surface area (Å²) in [6.07, 6.45) is 3.25. The van der Waals surface area contributed by atoms with Crippen LogP contribution >= 0.6 is 15.9 Å². The van der Waals surface area contributed by atoms with Crippen LogP contribution in [0.2, 0.25) is 0 Å². The Labute approximate surface area is 222 Å². The topological polar surface area (TPSA) is 43.6 Å². The zero-order chi connectivity index (χ0) is 25.1. The van der Waals surface area contributed by atoms with E-state index in [1.807, 2.05) is 0 Å². The number of nitrogens with zero attached hydrogens (tertiary/aromatic N) is 1. The van der Waals surface area contributed by atoms with E-state index in [2.05, 4.69) is 78.5 Å². The molecule has 0 bridgehead atoms. The molecule has 7 rings (SSSR count). The average molecular weight is 551 g/mol. The number of ether oxygens (including phenoxy) is 2. The van der Waals surface area contributed by atoms with E-state index in [0.717, 1.165) is 31.6 Å². The molecule has 1 fully saturated rings. The van der Waals surface area contributed by atoms with Crippen LogP contribution in [0.1, 0.15) is 80.5 Å². The third kappa shape index (κ3) is 3.00. The van der Waals surface area contributed by atoms with Gasteiger partial charge in [-0.2, -0.15) is 0 Å². The van der Waals surface area contributed by atoms with Crippen molar-refractivity contribution in [2.45, 2.75) is 76.5 Å². The predicted octanol–water partition coefficient (Wildman–Crippen LogP) is 6.88. The Kier molecular flexibility index (Phi) is 4.93. The van der Waals surface area contributed by atoms with Crippen molar-refractivity contribution in [1.29, 1.82) is 0 Å². The first-order valence-corrected chi connectivity index (χ1v) is 14.2. The van der Waals surface area contributed by atoms with Crippen molar-refractivity contribution in [3.05, 3.63) is 62.8 Å². The Morgan fingerprint density at radius 1 is 1.14 bits per heavy atom. The Morgan fingerprint density at radius 3 is 2.58 bits per heavy atom. The second kappa shape index (κ2) is 7.61. The molecule has 1 aromatic heterocycles. The van der Waals surface area contributed by atoms with Crippen molar-refractivity contribution in [3.8, 4) is 5.75 Å². The maximum atomic E-state index is 10.3. The second-order valence-corrected chi connectivity index (χ2v) is 13.7. The van der Waals surface area contributed by atoms with Gasteiger partial charge in [0.25, 0.3) is 0 Å². The first kappa shape index (κ1) is 23.3. The summed E-state index contributed by atoms with van der Waals surface area (Å²) in [6.45, 7) is 10.5.